The number of rotatable bonds is 8. The summed E-state index contributed by atoms with van der Waals surface area (Å²) in [4.78, 5) is 35.8. The average Bonchev–Trinajstić information content (AvgIpc) is 2.76. The second kappa shape index (κ2) is 13.7. The van der Waals surface area contributed by atoms with Gasteiger partial charge in [0, 0.05) is 19.3 Å². The SMILES string of the molecule is CCC(=O)C(C)(O)C=CCC(C)C=CC1OC(=O)CC(O)CCC(C)(O)C(OC(C)=O)C=CC1C. The molecule has 1 rings (SSSR count). The van der Waals surface area contributed by atoms with Crippen molar-refractivity contribution in [1.82, 2.24) is 0 Å². The molecule has 0 saturated carbocycles. The van der Waals surface area contributed by atoms with Gasteiger partial charge in [0.2, 0.25) is 0 Å². The van der Waals surface area contributed by atoms with Crippen molar-refractivity contribution in [3.63, 3.8) is 0 Å². The zero-order valence-corrected chi connectivity index (χ0v) is 21.8. The third-order valence-corrected chi connectivity index (χ3v) is 6.13. The Labute approximate surface area is 208 Å². The molecule has 0 saturated heterocycles. The molecule has 8 heteroatoms. The number of Topliss-reactive ketones (excluding diaryl/α,β-unsaturated/α-hetero) is 1. The highest BCUT2D eigenvalue weighted by Crippen LogP contribution is 2.26. The van der Waals surface area contributed by atoms with E-state index in [9.17, 15) is 29.7 Å². The highest BCUT2D eigenvalue weighted by atomic mass is 16.6. The maximum Gasteiger partial charge on any atom is 0.309 e. The first-order valence-corrected chi connectivity index (χ1v) is 12.2. The van der Waals surface area contributed by atoms with Crippen LogP contribution in [-0.4, -0.2) is 62.6 Å². The summed E-state index contributed by atoms with van der Waals surface area (Å²) in [5, 5.41) is 31.3. The van der Waals surface area contributed by atoms with E-state index in [4.69, 9.17) is 9.47 Å². The first kappa shape index (κ1) is 30.7. The van der Waals surface area contributed by atoms with Gasteiger partial charge in [-0.3, -0.25) is 14.4 Å². The molecule has 1 aliphatic rings. The van der Waals surface area contributed by atoms with Gasteiger partial charge in [0.05, 0.1) is 12.5 Å². The second-order valence-electron chi connectivity index (χ2n) is 9.91. The number of esters is 2. The second-order valence-corrected chi connectivity index (χ2v) is 9.91. The van der Waals surface area contributed by atoms with Gasteiger partial charge in [0.15, 0.2) is 5.78 Å². The molecule has 0 bridgehead atoms. The molecular formula is C27H42O8. The van der Waals surface area contributed by atoms with Gasteiger partial charge >= 0.3 is 11.9 Å². The number of allylic oxidation sites excluding steroid dienone is 2. The summed E-state index contributed by atoms with van der Waals surface area (Å²) in [6.45, 7) is 9.74. The van der Waals surface area contributed by atoms with E-state index in [0.29, 0.717) is 6.42 Å². The molecule has 0 amide bonds. The lowest BCUT2D eigenvalue weighted by atomic mass is 9.89. The Bertz CT molecular complexity index is 808. The summed E-state index contributed by atoms with van der Waals surface area (Å²) in [6, 6.07) is 0. The summed E-state index contributed by atoms with van der Waals surface area (Å²) in [7, 11) is 0. The van der Waals surface area contributed by atoms with Crippen molar-refractivity contribution in [2.24, 2.45) is 11.8 Å². The third-order valence-electron chi connectivity index (χ3n) is 6.13. The molecule has 7 unspecified atom stereocenters. The van der Waals surface area contributed by atoms with Crippen LogP contribution in [-0.2, 0) is 23.9 Å². The van der Waals surface area contributed by atoms with Crippen molar-refractivity contribution in [3.8, 4) is 0 Å². The zero-order valence-electron chi connectivity index (χ0n) is 21.8. The van der Waals surface area contributed by atoms with Crippen LogP contribution in [0.1, 0.15) is 73.6 Å². The van der Waals surface area contributed by atoms with E-state index >= 15 is 0 Å². The highest BCUT2D eigenvalue weighted by molar-refractivity contribution is 5.88. The lowest BCUT2D eigenvalue weighted by molar-refractivity contribution is -0.157. The number of ketones is 1. The number of aliphatic hydroxyl groups excluding tert-OH is 1. The molecule has 0 aromatic carbocycles. The monoisotopic (exact) mass is 494 g/mol. The van der Waals surface area contributed by atoms with E-state index in [0.717, 1.165) is 0 Å². The van der Waals surface area contributed by atoms with Crippen LogP contribution in [0.3, 0.4) is 0 Å². The smallest absolute Gasteiger partial charge is 0.309 e. The molecule has 0 aromatic heterocycles. The van der Waals surface area contributed by atoms with Gasteiger partial charge in [0.25, 0.3) is 0 Å². The predicted molar refractivity (Wildman–Crippen MR) is 132 cm³/mol. The number of carbonyl (C=O) groups is 3. The van der Waals surface area contributed by atoms with Crippen molar-refractivity contribution in [3.05, 3.63) is 36.5 Å². The molecule has 7 atom stereocenters. The van der Waals surface area contributed by atoms with Crippen molar-refractivity contribution >= 4 is 17.7 Å². The van der Waals surface area contributed by atoms with Crippen molar-refractivity contribution in [2.75, 3.05) is 0 Å². The quantitative estimate of drug-likeness (QED) is 0.346. The van der Waals surface area contributed by atoms with Gasteiger partial charge in [0.1, 0.15) is 23.4 Å². The molecule has 35 heavy (non-hydrogen) atoms. The number of aliphatic hydroxyl groups is 3. The molecule has 1 heterocycles. The average molecular weight is 495 g/mol. The molecule has 3 N–H and O–H groups in total. The highest BCUT2D eigenvalue weighted by Gasteiger charge is 2.34. The third kappa shape index (κ3) is 10.9. The first-order valence-electron chi connectivity index (χ1n) is 12.2. The number of hydrogen-bond acceptors (Lipinski definition) is 8. The molecule has 198 valence electrons. The fourth-order valence-corrected chi connectivity index (χ4v) is 3.70. The number of ether oxygens (including phenoxy) is 2. The lowest BCUT2D eigenvalue weighted by Gasteiger charge is -2.32. The molecule has 0 fully saturated rings. The van der Waals surface area contributed by atoms with E-state index in [-0.39, 0.29) is 43.3 Å². The normalized spacial score (nSPS) is 31.3. The number of cyclic esters (lactones) is 1. The van der Waals surface area contributed by atoms with E-state index in [1.807, 2.05) is 19.9 Å². The molecule has 0 radical (unpaired) electrons. The van der Waals surface area contributed by atoms with Crippen molar-refractivity contribution < 1.29 is 39.2 Å². The van der Waals surface area contributed by atoms with Gasteiger partial charge in [-0.25, -0.2) is 0 Å². The minimum atomic E-state index is -1.50. The molecule has 0 aliphatic carbocycles. The van der Waals surface area contributed by atoms with Crippen molar-refractivity contribution in [1.29, 1.82) is 0 Å². The Morgan fingerprint density at radius 2 is 2.03 bits per heavy atom. The summed E-state index contributed by atoms with van der Waals surface area (Å²) < 4.78 is 10.9. The lowest BCUT2D eigenvalue weighted by Crippen LogP contribution is -2.42. The summed E-state index contributed by atoms with van der Waals surface area (Å²) >= 11 is 0. The van der Waals surface area contributed by atoms with Gasteiger partial charge in [-0.05, 0) is 57.3 Å². The molecule has 1 aliphatic heterocycles. The molecule has 0 aromatic rings. The largest absolute Gasteiger partial charge is 0.457 e. The van der Waals surface area contributed by atoms with Crippen LogP contribution < -0.4 is 0 Å². The number of hydrogen-bond donors (Lipinski definition) is 3. The first-order chi connectivity index (χ1) is 16.2. The van der Waals surface area contributed by atoms with Crippen molar-refractivity contribution in [2.45, 2.75) is 103 Å². The summed E-state index contributed by atoms with van der Waals surface area (Å²) in [5.41, 5.74) is -2.92. The minimum Gasteiger partial charge on any atom is -0.457 e. The van der Waals surface area contributed by atoms with Gasteiger partial charge in [-0.15, -0.1) is 0 Å². The van der Waals surface area contributed by atoms with E-state index in [1.165, 1.54) is 26.8 Å². The Hall–Kier alpha value is -2.29. The van der Waals surface area contributed by atoms with Crippen LogP contribution in [0.15, 0.2) is 36.5 Å². The topological polar surface area (TPSA) is 130 Å². The van der Waals surface area contributed by atoms with Gasteiger partial charge in [-0.1, -0.05) is 39.0 Å². The maximum atomic E-state index is 12.4. The van der Waals surface area contributed by atoms with Crippen LogP contribution in [0.25, 0.3) is 0 Å². The van der Waals surface area contributed by atoms with E-state index in [1.54, 1.807) is 31.2 Å². The van der Waals surface area contributed by atoms with Gasteiger partial charge < -0.3 is 24.8 Å². The molecule has 0 spiro atoms. The van der Waals surface area contributed by atoms with E-state index in [2.05, 4.69) is 0 Å². The Kier molecular flexibility index (Phi) is 12.0. The predicted octanol–water partition coefficient (Wildman–Crippen LogP) is 3.19. The summed E-state index contributed by atoms with van der Waals surface area (Å²) in [5.74, 6) is -1.64. The fraction of sp³-hybridized carbons (Fsp3) is 0.667. The fourth-order valence-electron chi connectivity index (χ4n) is 3.70. The molecular weight excluding hydrogens is 452 g/mol. The van der Waals surface area contributed by atoms with Crippen LogP contribution in [0, 0.1) is 11.8 Å². The maximum absolute atomic E-state index is 12.4. The minimum absolute atomic E-state index is 0.0233. The van der Waals surface area contributed by atoms with E-state index < -0.39 is 41.5 Å². The van der Waals surface area contributed by atoms with Crippen LogP contribution in [0.5, 0.6) is 0 Å². The standard InChI is InChI=1S/C27H42O8/c1-7-23(30)26(5,32)15-8-9-18(2)10-12-22-19(3)11-13-24(34-20(4)28)27(6,33)16-14-21(29)17-25(31)35-22/h8,10-13,15,18-19,21-22,24,29,32-33H,7,9,14,16-17H2,1-6H3. The summed E-state index contributed by atoms with van der Waals surface area (Å²) in [6.07, 6.45) is 8.50. The van der Waals surface area contributed by atoms with Crippen LogP contribution in [0.4, 0.5) is 0 Å². The zero-order chi connectivity index (χ0) is 26.8. The Morgan fingerprint density at radius 3 is 2.63 bits per heavy atom. The van der Waals surface area contributed by atoms with Gasteiger partial charge in [-0.2, -0.15) is 0 Å². The Morgan fingerprint density at radius 1 is 1.37 bits per heavy atom. The number of carbonyl (C=O) groups excluding carboxylic acids is 3. The van der Waals surface area contributed by atoms with Crippen LogP contribution in [0.2, 0.25) is 0 Å². The van der Waals surface area contributed by atoms with Crippen LogP contribution >= 0.6 is 0 Å². The Balaban J connectivity index is 3.05. The molecule has 8 nitrogen and oxygen atoms in total.